The third kappa shape index (κ3) is 5.16. The zero-order chi connectivity index (χ0) is 15.0. The molecule has 7 nitrogen and oxygen atoms in total. The summed E-state index contributed by atoms with van der Waals surface area (Å²) in [5, 5.41) is 15.4. The van der Waals surface area contributed by atoms with Gasteiger partial charge in [-0.3, -0.25) is 0 Å². The molecule has 1 heterocycles. The molecule has 0 spiro atoms. The second kappa shape index (κ2) is 8.52. The summed E-state index contributed by atoms with van der Waals surface area (Å²) in [5.41, 5.74) is 0. The Balaban J connectivity index is 2.90. The number of nitrogens with one attached hydrogen (secondary N) is 2. The molecule has 114 valence electrons. The van der Waals surface area contributed by atoms with Crippen molar-refractivity contribution in [1.82, 2.24) is 15.0 Å². The molecule has 1 aromatic heterocycles. The van der Waals surface area contributed by atoms with Crippen LogP contribution in [0.2, 0.25) is 0 Å². The Morgan fingerprint density at radius 3 is 2.40 bits per heavy atom. The lowest BCUT2D eigenvalue weighted by molar-refractivity contribution is 0.267. The number of aliphatic hydroxyl groups is 1. The van der Waals surface area contributed by atoms with Crippen molar-refractivity contribution in [3.8, 4) is 6.01 Å². The van der Waals surface area contributed by atoms with E-state index in [1.807, 2.05) is 13.8 Å². The number of ether oxygens (including phenoxy) is 1. The Morgan fingerprint density at radius 1 is 1.15 bits per heavy atom. The van der Waals surface area contributed by atoms with Crippen LogP contribution in [0.3, 0.4) is 0 Å². The molecule has 0 aromatic carbocycles. The number of hydrogen-bond acceptors (Lipinski definition) is 7. The summed E-state index contributed by atoms with van der Waals surface area (Å²) in [6.07, 6.45) is 0.643. The Hall–Kier alpha value is -1.63. The van der Waals surface area contributed by atoms with Gasteiger partial charge in [0.2, 0.25) is 11.9 Å². The first-order valence-corrected chi connectivity index (χ1v) is 7.10. The van der Waals surface area contributed by atoms with Crippen LogP contribution in [-0.2, 0) is 0 Å². The Labute approximate surface area is 120 Å². The fourth-order valence-electron chi connectivity index (χ4n) is 1.73. The number of anilines is 2. The number of aliphatic hydroxyl groups excluding tert-OH is 1. The highest BCUT2D eigenvalue weighted by Crippen LogP contribution is 2.15. The van der Waals surface area contributed by atoms with Crippen molar-refractivity contribution in [2.75, 3.05) is 30.4 Å². The molecular formula is C13H25N5O2. The molecule has 1 unspecified atom stereocenters. The van der Waals surface area contributed by atoms with Gasteiger partial charge in [-0.05, 0) is 26.2 Å². The van der Waals surface area contributed by atoms with E-state index in [9.17, 15) is 0 Å². The Kier molecular flexibility index (Phi) is 7.00. The molecule has 0 radical (unpaired) electrons. The van der Waals surface area contributed by atoms with Crippen molar-refractivity contribution in [1.29, 1.82) is 0 Å². The molecule has 0 aliphatic rings. The zero-order valence-electron chi connectivity index (χ0n) is 12.7. The Bertz CT molecular complexity index is 376. The Morgan fingerprint density at radius 2 is 1.85 bits per heavy atom. The van der Waals surface area contributed by atoms with Gasteiger partial charge < -0.3 is 20.5 Å². The fraction of sp³-hybridized carbons (Fsp3) is 0.769. The van der Waals surface area contributed by atoms with E-state index in [4.69, 9.17) is 9.84 Å². The highest BCUT2D eigenvalue weighted by Gasteiger charge is 2.15. The average molecular weight is 283 g/mol. The van der Waals surface area contributed by atoms with Crippen molar-refractivity contribution >= 4 is 11.9 Å². The van der Waals surface area contributed by atoms with E-state index in [1.165, 1.54) is 0 Å². The summed E-state index contributed by atoms with van der Waals surface area (Å²) >= 11 is 0. The van der Waals surface area contributed by atoms with Crippen LogP contribution in [0.5, 0.6) is 6.01 Å². The normalized spacial score (nSPS) is 12.3. The van der Waals surface area contributed by atoms with Gasteiger partial charge in [-0.15, -0.1) is 0 Å². The summed E-state index contributed by atoms with van der Waals surface area (Å²) in [6.45, 7) is 9.37. The predicted octanol–water partition coefficient (Wildman–Crippen LogP) is 1.52. The van der Waals surface area contributed by atoms with Crippen LogP contribution < -0.4 is 15.4 Å². The SMILES string of the molecule is CCNc1nc(NC(CCO)C(C)C)nc(OCC)n1. The van der Waals surface area contributed by atoms with Gasteiger partial charge in [0.15, 0.2) is 0 Å². The van der Waals surface area contributed by atoms with Crippen molar-refractivity contribution in [3.63, 3.8) is 0 Å². The minimum atomic E-state index is 0.103. The van der Waals surface area contributed by atoms with Crippen LogP contribution in [0.4, 0.5) is 11.9 Å². The maximum Gasteiger partial charge on any atom is 0.323 e. The van der Waals surface area contributed by atoms with Gasteiger partial charge in [0.05, 0.1) is 6.61 Å². The van der Waals surface area contributed by atoms with Gasteiger partial charge in [-0.1, -0.05) is 13.8 Å². The summed E-state index contributed by atoms with van der Waals surface area (Å²) in [7, 11) is 0. The van der Waals surface area contributed by atoms with Gasteiger partial charge in [-0.25, -0.2) is 0 Å². The second-order valence-corrected chi connectivity index (χ2v) is 4.74. The third-order valence-corrected chi connectivity index (χ3v) is 2.78. The molecule has 1 atom stereocenters. The minimum Gasteiger partial charge on any atom is -0.464 e. The smallest absolute Gasteiger partial charge is 0.323 e. The second-order valence-electron chi connectivity index (χ2n) is 4.74. The monoisotopic (exact) mass is 283 g/mol. The van der Waals surface area contributed by atoms with Gasteiger partial charge in [0.1, 0.15) is 0 Å². The van der Waals surface area contributed by atoms with Crippen LogP contribution in [0.25, 0.3) is 0 Å². The van der Waals surface area contributed by atoms with E-state index < -0.39 is 0 Å². The van der Waals surface area contributed by atoms with Crippen LogP contribution in [0.15, 0.2) is 0 Å². The van der Waals surface area contributed by atoms with Crippen molar-refractivity contribution in [2.24, 2.45) is 5.92 Å². The van der Waals surface area contributed by atoms with Crippen molar-refractivity contribution in [3.05, 3.63) is 0 Å². The van der Waals surface area contributed by atoms with Crippen LogP contribution in [0, 0.1) is 5.92 Å². The number of nitrogens with zero attached hydrogens (tertiary/aromatic N) is 3. The molecule has 1 aromatic rings. The molecule has 1 rings (SSSR count). The molecule has 0 bridgehead atoms. The first-order chi connectivity index (χ1) is 9.60. The molecule has 0 aliphatic heterocycles. The topological polar surface area (TPSA) is 92.2 Å². The van der Waals surface area contributed by atoms with Gasteiger partial charge in [0.25, 0.3) is 0 Å². The van der Waals surface area contributed by atoms with Crippen molar-refractivity contribution in [2.45, 2.75) is 40.2 Å². The van der Waals surface area contributed by atoms with E-state index in [1.54, 1.807) is 0 Å². The molecular weight excluding hydrogens is 258 g/mol. The van der Waals surface area contributed by atoms with E-state index in [2.05, 4.69) is 39.4 Å². The summed E-state index contributed by atoms with van der Waals surface area (Å²) in [6, 6.07) is 0.402. The van der Waals surface area contributed by atoms with Gasteiger partial charge in [-0.2, -0.15) is 15.0 Å². The average Bonchev–Trinajstić information content (AvgIpc) is 2.38. The summed E-state index contributed by atoms with van der Waals surface area (Å²) in [5.74, 6) is 1.31. The van der Waals surface area contributed by atoms with Crippen LogP contribution >= 0.6 is 0 Å². The van der Waals surface area contributed by atoms with E-state index >= 15 is 0 Å². The number of aromatic nitrogens is 3. The largest absolute Gasteiger partial charge is 0.464 e. The van der Waals surface area contributed by atoms with Crippen LogP contribution in [0.1, 0.15) is 34.1 Å². The van der Waals surface area contributed by atoms with Crippen LogP contribution in [-0.4, -0.2) is 45.9 Å². The highest BCUT2D eigenvalue weighted by molar-refractivity contribution is 5.36. The minimum absolute atomic E-state index is 0.103. The lowest BCUT2D eigenvalue weighted by Gasteiger charge is -2.21. The molecule has 0 aliphatic carbocycles. The maximum atomic E-state index is 9.11. The van der Waals surface area contributed by atoms with E-state index in [0.717, 1.165) is 6.54 Å². The van der Waals surface area contributed by atoms with E-state index in [-0.39, 0.29) is 12.6 Å². The molecule has 20 heavy (non-hydrogen) atoms. The number of rotatable bonds is 9. The summed E-state index contributed by atoms with van der Waals surface area (Å²) in [4.78, 5) is 12.7. The highest BCUT2D eigenvalue weighted by atomic mass is 16.5. The molecule has 7 heteroatoms. The lowest BCUT2D eigenvalue weighted by atomic mass is 10.0. The van der Waals surface area contributed by atoms with E-state index in [0.29, 0.717) is 36.9 Å². The number of hydrogen-bond donors (Lipinski definition) is 3. The predicted molar refractivity (Wildman–Crippen MR) is 79.1 cm³/mol. The molecule has 0 amide bonds. The van der Waals surface area contributed by atoms with Gasteiger partial charge >= 0.3 is 6.01 Å². The molecule has 0 fully saturated rings. The van der Waals surface area contributed by atoms with Crippen molar-refractivity contribution < 1.29 is 9.84 Å². The first-order valence-electron chi connectivity index (χ1n) is 7.10. The van der Waals surface area contributed by atoms with Gasteiger partial charge in [0, 0.05) is 19.2 Å². The lowest BCUT2D eigenvalue weighted by Crippen LogP contribution is -2.28. The molecule has 0 saturated carbocycles. The standard InChI is InChI=1S/C13H25N5O2/c1-5-14-11-16-12(18-13(17-11)20-6-2)15-10(7-8-19)9(3)4/h9-10,19H,5-8H2,1-4H3,(H2,14,15,16,17,18). The first kappa shape index (κ1) is 16.4. The molecule has 0 saturated heterocycles. The molecule has 3 N–H and O–H groups in total. The summed E-state index contributed by atoms with van der Waals surface area (Å²) < 4.78 is 5.34. The fourth-order valence-corrected chi connectivity index (χ4v) is 1.73. The quantitative estimate of drug-likeness (QED) is 0.632. The maximum absolute atomic E-state index is 9.11. The third-order valence-electron chi connectivity index (χ3n) is 2.78. The zero-order valence-corrected chi connectivity index (χ0v) is 12.7.